The number of carbonyl (C=O) groups excluding carboxylic acids is 1. The maximum Gasteiger partial charge on any atom is 0.236 e. The van der Waals surface area contributed by atoms with E-state index in [1.165, 1.54) is 0 Å². The molecule has 1 atom stereocenters. The van der Waals surface area contributed by atoms with Crippen LogP contribution in [0.2, 0.25) is 0 Å². The molecule has 1 heterocycles. The predicted octanol–water partition coefficient (Wildman–Crippen LogP) is 0.942. The highest BCUT2D eigenvalue weighted by molar-refractivity contribution is 5.81. The molecule has 0 aromatic carbocycles. The molecule has 5 heteroatoms. The molecule has 2 N–H and O–H groups in total. The third kappa shape index (κ3) is 4.87. The van der Waals surface area contributed by atoms with Gasteiger partial charge in [0.15, 0.2) is 0 Å². The second-order valence-corrected chi connectivity index (χ2v) is 4.98. The van der Waals surface area contributed by atoms with Crippen LogP contribution in [0.1, 0.15) is 26.6 Å². The Hall–Kier alpha value is -1.36. The van der Waals surface area contributed by atoms with E-state index in [-0.39, 0.29) is 11.9 Å². The molecule has 0 radical (unpaired) electrons. The monoisotopic (exact) mass is 252 g/mol. The summed E-state index contributed by atoms with van der Waals surface area (Å²) in [5.74, 6) is 1.54. The number of nitrogens with zero attached hydrogens (tertiary/aromatic N) is 2. The van der Waals surface area contributed by atoms with Crippen LogP contribution in [0.3, 0.4) is 0 Å². The number of hydrogen-bond acceptors (Lipinski definition) is 3. The molecule has 0 aliphatic heterocycles. The Labute approximate surface area is 109 Å². The van der Waals surface area contributed by atoms with Crippen molar-refractivity contribution in [2.24, 2.45) is 5.92 Å². The smallest absolute Gasteiger partial charge is 0.236 e. The second kappa shape index (κ2) is 7.16. The Morgan fingerprint density at radius 2 is 2.17 bits per heavy atom. The third-order valence-corrected chi connectivity index (χ3v) is 2.80. The quantitative estimate of drug-likeness (QED) is 0.759. The second-order valence-electron chi connectivity index (χ2n) is 4.98. The van der Waals surface area contributed by atoms with Crippen LogP contribution in [-0.2, 0) is 11.3 Å². The minimum absolute atomic E-state index is 0.0612. The number of aromatic nitrogens is 2. The Morgan fingerprint density at radius 3 is 2.72 bits per heavy atom. The molecule has 0 spiro atoms. The molecule has 0 fully saturated rings. The zero-order valence-corrected chi connectivity index (χ0v) is 11.7. The molecule has 1 rings (SSSR count). The average Bonchev–Trinajstić information content (AvgIpc) is 2.72. The van der Waals surface area contributed by atoms with Crippen molar-refractivity contribution in [2.75, 3.05) is 13.1 Å². The molecule has 1 aromatic heterocycles. The van der Waals surface area contributed by atoms with Crippen molar-refractivity contribution in [3.8, 4) is 0 Å². The van der Waals surface area contributed by atoms with Gasteiger partial charge in [0.05, 0.1) is 6.04 Å². The van der Waals surface area contributed by atoms with Gasteiger partial charge >= 0.3 is 0 Å². The van der Waals surface area contributed by atoms with E-state index in [2.05, 4.69) is 34.0 Å². The van der Waals surface area contributed by atoms with Gasteiger partial charge in [0.1, 0.15) is 5.82 Å². The lowest BCUT2D eigenvalue weighted by Gasteiger charge is -2.15. The van der Waals surface area contributed by atoms with E-state index in [1.54, 1.807) is 6.20 Å². The molecule has 18 heavy (non-hydrogen) atoms. The van der Waals surface area contributed by atoms with Crippen molar-refractivity contribution in [3.05, 3.63) is 18.2 Å². The molecule has 0 aliphatic carbocycles. The fraction of sp³-hybridized carbons (Fsp3) is 0.692. The molecule has 0 saturated carbocycles. The number of nitrogens with one attached hydrogen (secondary N) is 2. The van der Waals surface area contributed by atoms with Crippen LogP contribution in [0.5, 0.6) is 0 Å². The van der Waals surface area contributed by atoms with Gasteiger partial charge in [0.25, 0.3) is 0 Å². The first-order chi connectivity index (χ1) is 8.50. The first-order valence-electron chi connectivity index (χ1n) is 6.49. The lowest BCUT2D eigenvalue weighted by atomic mass is 10.2. The van der Waals surface area contributed by atoms with Crippen molar-refractivity contribution >= 4 is 5.91 Å². The van der Waals surface area contributed by atoms with Crippen LogP contribution >= 0.6 is 0 Å². The summed E-state index contributed by atoms with van der Waals surface area (Å²) in [5.41, 5.74) is 0. The minimum atomic E-state index is -0.160. The van der Waals surface area contributed by atoms with Crippen molar-refractivity contribution in [1.29, 1.82) is 0 Å². The number of amides is 1. The highest BCUT2D eigenvalue weighted by Gasteiger charge is 2.11. The molecule has 102 valence electrons. The van der Waals surface area contributed by atoms with Crippen LogP contribution in [-0.4, -0.2) is 34.6 Å². The molecular weight excluding hydrogens is 228 g/mol. The summed E-state index contributed by atoms with van der Waals surface area (Å²) in [6, 6.07) is -0.160. The van der Waals surface area contributed by atoms with Gasteiger partial charge in [-0.05, 0) is 19.8 Å². The fourth-order valence-corrected chi connectivity index (χ4v) is 1.59. The van der Waals surface area contributed by atoms with E-state index in [1.807, 2.05) is 20.0 Å². The first-order valence-corrected chi connectivity index (χ1v) is 6.49. The molecular formula is C13H24N4O. The Bertz CT molecular complexity index is 373. The molecule has 1 amide bonds. The molecule has 0 saturated heterocycles. The number of carbonyl (C=O) groups is 1. The van der Waals surface area contributed by atoms with Gasteiger partial charge in [0, 0.05) is 32.0 Å². The van der Waals surface area contributed by atoms with Crippen LogP contribution < -0.4 is 10.6 Å². The maximum atomic E-state index is 11.7. The first kappa shape index (κ1) is 14.7. The molecule has 1 unspecified atom stereocenters. The van der Waals surface area contributed by atoms with E-state index >= 15 is 0 Å². The number of rotatable bonds is 7. The largest absolute Gasteiger partial charge is 0.354 e. The topological polar surface area (TPSA) is 59.0 Å². The van der Waals surface area contributed by atoms with Crippen LogP contribution in [0.4, 0.5) is 0 Å². The van der Waals surface area contributed by atoms with E-state index in [4.69, 9.17) is 0 Å². The van der Waals surface area contributed by atoms with E-state index in [0.717, 1.165) is 25.5 Å². The predicted molar refractivity (Wildman–Crippen MR) is 72.3 cm³/mol. The highest BCUT2D eigenvalue weighted by Crippen LogP contribution is 1.94. The summed E-state index contributed by atoms with van der Waals surface area (Å²) in [7, 11) is 0. The number of imidazole rings is 1. The van der Waals surface area contributed by atoms with E-state index in [0.29, 0.717) is 5.92 Å². The zero-order chi connectivity index (χ0) is 13.5. The van der Waals surface area contributed by atoms with Gasteiger partial charge in [-0.1, -0.05) is 13.8 Å². The standard InChI is InChI=1S/C13H24N4O/c1-10(2)9-16-13(18)11(3)14-5-7-17-8-6-15-12(17)4/h6,8,10-11,14H,5,7,9H2,1-4H3,(H,16,18). The third-order valence-electron chi connectivity index (χ3n) is 2.80. The lowest BCUT2D eigenvalue weighted by Crippen LogP contribution is -2.44. The Morgan fingerprint density at radius 1 is 1.44 bits per heavy atom. The summed E-state index contributed by atoms with van der Waals surface area (Å²) in [5, 5.41) is 6.13. The molecule has 5 nitrogen and oxygen atoms in total. The van der Waals surface area contributed by atoms with Crippen molar-refractivity contribution < 1.29 is 4.79 Å². The van der Waals surface area contributed by atoms with Crippen LogP contribution in [0, 0.1) is 12.8 Å². The minimum Gasteiger partial charge on any atom is -0.354 e. The zero-order valence-electron chi connectivity index (χ0n) is 11.7. The van der Waals surface area contributed by atoms with Crippen LogP contribution in [0.15, 0.2) is 12.4 Å². The highest BCUT2D eigenvalue weighted by atomic mass is 16.2. The van der Waals surface area contributed by atoms with Gasteiger partial charge in [-0.25, -0.2) is 4.98 Å². The number of hydrogen-bond donors (Lipinski definition) is 2. The summed E-state index contributed by atoms with van der Waals surface area (Å²) in [4.78, 5) is 15.9. The normalized spacial score (nSPS) is 12.7. The number of aryl methyl sites for hydroxylation is 1. The van der Waals surface area contributed by atoms with Gasteiger partial charge in [-0.2, -0.15) is 0 Å². The molecule has 0 bridgehead atoms. The van der Waals surface area contributed by atoms with Gasteiger partial charge < -0.3 is 15.2 Å². The van der Waals surface area contributed by atoms with Gasteiger partial charge in [0.2, 0.25) is 5.91 Å². The lowest BCUT2D eigenvalue weighted by molar-refractivity contribution is -0.122. The van der Waals surface area contributed by atoms with Gasteiger partial charge in [-0.15, -0.1) is 0 Å². The van der Waals surface area contributed by atoms with Gasteiger partial charge in [-0.3, -0.25) is 4.79 Å². The summed E-state index contributed by atoms with van der Waals surface area (Å²) in [6.07, 6.45) is 3.73. The molecule has 1 aromatic rings. The SMILES string of the molecule is Cc1nccn1CCNC(C)C(=O)NCC(C)C. The van der Waals surface area contributed by atoms with Crippen LogP contribution in [0.25, 0.3) is 0 Å². The van der Waals surface area contributed by atoms with E-state index < -0.39 is 0 Å². The summed E-state index contributed by atoms with van der Waals surface area (Å²) < 4.78 is 2.06. The Balaban J connectivity index is 2.22. The Kier molecular flexibility index (Phi) is 5.85. The average molecular weight is 252 g/mol. The van der Waals surface area contributed by atoms with E-state index in [9.17, 15) is 4.79 Å². The van der Waals surface area contributed by atoms with Crippen molar-refractivity contribution in [1.82, 2.24) is 20.2 Å². The maximum absolute atomic E-state index is 11.7. The fourth-order valence-electron chi connectivity index (χ4n) is 1.59. The summed E-state index contributed by atoms with van der Waals surface area (Å²) >= 11 is 0. The van der Waals surface area contributed by atoms with Crippen molar-refractivity contribution in [2.45, 2.75) is 40.3 Å². The van der Waals surface area contributed by atoms with Crippen molar-refractivity contribution in [3.63, 3.8) is 0 Å². The summed E-state index contributed by atoms with van der Waals surface area (Å²) in [6.45, 7) is 10.3. The molecule has 0 aliphatic rings.